The Balaban J connectivity index is 1.65. The molecule has 2 heteroatoms. The predicted molar refractivity (Wildman–Crippen MR) is 77.4 cm³/mol. The van der Waals surface area contributed by atoms with Gasteiger partial charge in [0.1, 0.15) is 5.60 Å². The van der Waals surface area contributed by atoms with Crippen molar-refractivity contribution in [3.8, 4) is 0 Å². The molecule has 0 saturated carbocycles. The molecule has 4 rings (SSSR count). The molecular formula is C17H21NO. The maximum absolute atomic E-state index is 6.41. The lowest BCUT2D eigenvalue weighted by Crippen LogP contribution is -2.34. The van der Waals surface area contributed by atoms with Gasteiger partial charge in [-0.05, 0) is 31.9 Å². The summed E-state index contributed by atoms with van der Waals surface area (Å²) in [5.41, 5.74) is 2.59. The highest BCUT2D eigenvalue weighted by molar-refractivity contribution is 5.52. The van der Waals surface area contributed by atoms with Crippen LogP contribution in [0.5, 0.6) is 0 Å². The third-order valence-corrected chi connectivity index (χ3v) is 5.50. The number of aryl methyl sites for hydroxylation is 1. The zero-order valence-electron chi connectivity index (χ0n) is 11.9. The van der Waals surface area contributed by atoms with Crippen molar-refractivity contribution in [3.63, 3.8) is 0 Å². The Labute approximate surface area is 115 Å². The van der Waals surface area contributed by atoms with E-state index in [9.17, 15) is 0 Å². The maximum Gasteiger partial charge on any atom is 0.110 e. The molecule has 2 bridgehead atoms. The first-order chi connectivity index (χ1) is 9.02. The number of hydrogen-bond acceptors (Lipinski definition) is 2. The molecule has 2 fully saturated rings. The number of fused-ring (bicyclic) bond motifs is 1. The van der Waals surface area contributed by atoms with Crippen molar-refractivity contribution in [2.45, 2.75) is 32.0 Å². The Morgan fingerprint density at radius 1 is 1.21 bits per heavy atom. The molecular weight excluding hydrogens is 234 g/mol. The molecule has 2 nitrogen and oxygen atoms in total. The van der Waals surface area contributed by atoms with Crippen LogP contribution < -0.4 is 4.90 Å². The topological polar surface area (TPSA) is 12.5 Å². The lowest BCUT2D eigenvalue weighted by atomic mass is 9.74. The molecule has 0 unspecified atom stereocenters. The Bertz CT molecular complexity index is 549. The summed E-state index contributed by atoms with van der Waals surface area (Å²) in [5, 5.41) is 0. The molecule has 0 aliphatic carbocycles. The standard InChI is InChI=1S/C17H21NO/c1-12-4-6-14(7-5-12)18-10-15-13(2)16(3)8-9-17(15,11-18)19-16/h4-9,13,15H,10-11H2,1-3H3/t13-,15-,16-,17-/m1/s1. The third kappa shape index (κ3) is 1.41. The summed E-state index contributed by atoms with van der Waals surface area (Å²) < 4.78 is 6.41. The first kappa shape index (κ1) is 11.5. The second kappa shape index (κ2) is 3.43. The van der Waals surface area contributed by atoms with Crippen LogP contribution in [0.15, 0.2) is 36.4 Å². The molecule has 1 spiro atoms. The van der Waals surface area contributed by atoms with Gasteiger partial charge in [-0.25, -0.2) is 0 Å². The van der Waals surface area contributed by atoms with E-state index >= 15 is 0 Å². The SMILES string of the molecule is Cc1ccc(N2C[C@@H]3[C@@H](C)[C@@]4(C)C=C[C@]3(C2)O4)cc1. The van der Waals surface area contributed by atoms with Gasteiger partial charge < -0.3 is 9.64 Å². The predicted octanol–water partition coefficient (Wildman–Crippen LogP) is 3.16. The van der Waals surface area contributed by atoms with E-state index in [4.69, 9.17) is 4.74 Å². The molecule has 100 valence electrons. The van der Waals surface area contributed by atoms with E-state index in [1.807, 2.05) is 0 Å². The van der Waals surface area contributed by atoms with Crippen molar-refractivity contribution in [1.29, 1.82) is 0 Å². The molecule has 1 aromatic carbocycles. The van der Waals surface area contributed by atoms with Crippen LogP contribution in [0.25, 0.3) is 0 Å². The van der Waals surface area contributed by atoms with Gasteiger partial charge in [0.15, 0.2) is 0 Å². The highest BCUT2D eigenvalue weighted by Gasteiger charge is 2.63. The zero-order chi connectivity index (χ0) is 13.3. The number of rotatable bonds is 1. The molecule has 0 radical (unpaired) electrons. The molecule has 2 saturated heterocycles. The van der Waals surface area contributed by atoms with E-state index in [1.165, 1.54) is 11.3 Å². The van der Waals surface area contributed by atoms with Gasteiger partial charge in [0.05, 0.1) is 12.1 Å². The average Bonchev–Trinajstić information content (AvgIpc) is 2.97. The van der Waals surface area contributed by atoms with E-state index in [-0.39, 0.29) is 11.2 Å². The Morgan fingerprint density at radius 2 is 1.95 bits per heavy atom. The molecule has 3 aliphatic rings. The molecule has 0 amide bonds. The van der Waals surface area contributed by atoms with Crippen LogP contribution in [0.1, 0.15) is 19.4 Å². The normalized spacial score (nSPS) is 43.0. The van der Waals surface area contributed by atoms with Crippen LogP contribution in [0.2, 0.25) is 0 Å². The van der Waals surface area contributed by atoms with Crippen molar-refractivity contribution >= 4 is 5.69 Å². The molecule has 0 aromatic heterocycles. The summed E-state index contributed by atoms with van der Waals surface area (Å²) in [6.07, 6.45) is 4.61. The molecule has 19 heavy (non-hydrogen) atoms. The van der Waals surface area contributed by atoms with Crippen LogP contribution in [0.3, 0.4) is 0 Å². The fraction of sp³-hybridized carbons (Fsp3) is 0.529. The monoisotopic (exact) mass is 255 g/mol. The van der Waals surface area contributed by atoms with Crippen LogP contribution in [0, 0.1) is 18.8 Å². The quantitative estimate of drug-likeness (QED) is 0.715. The maximum atomic E-state index is 6.41. The van der Waals surface area contributed by atoms with E-state index in [0.717, 1.165) is 13.1 Å². The van der Waals surface area contributed by atoms with Crippen molar-refractivity contribution in [1.82, 2.24) is 0 Å². The van der Waals surface area contributed by atoms with Gasteiger partial charge in [0.25, 0.3) is 0 Å². The summed E-state index contributed by atoms with van der Waals surface area (Å²) in [5.74, 6) is 1.23. The van der Waals surface area contributed by atoms with Crippen LogP contribution in [0.4, 0.5) is 5.69 Å². The second-order valence-electron chi connectivity index (χ2n) is 6.69. The number of ether oxygens (including phenoxy) is 1. The summed E-state index contributed by atoms with van der Waals surface area (Å²) in [6.45, 7) is 8.82. The molecule has 1 aromatic rings. The smallest absolute Gasteiger partial charge is 0.110 e. The molecule has 3 aliphatic heterocycles. The van der Waals surface area contributed by atoms with E-state index in [1.54, 1.807) is 0 Å². The summed E-state index contributed by atoms with van der Waals surface area (Å²) in [7, 11) is 0. The highest BCUT2D eigenvalue weighted by Crippen LogP contribution is 2.56. The second-order valence-corrected chi connectivity index (χ2v) is 6.69. The minimum Gasteiger partial charge on any atom is -0.368 e. The van der Waals surface area contributed by atoms with E-state index in [0.29, 0.717) is 11.8 Å². The average molecular weight is 255 g/mol. The molecule has 3 heterocycles. The highest BCUT2D eigenvalue weighted by atomic mass is 16.5. The lowest BCUT2D eigenvalue weighted by molar-refractivity contribution is -0.0242. The summed E-state index contributed by atoms with van der Waals surface area (Å²) >= 11 is 0. The first-order valence-electron chi connectivity index (χ1n) is 7.25. The van der Waals surface area contributed by atoms with Crippen molar-refractivity contribution in [2.24, 2.45) is 11.8 Å². The minimum atomic E-state index is -0.0287. The van der Waals surface area contributed by atoms with Gasteiger partial charge in [-0.3, -0.25) is 0 Å². The Kier molecular flexibility index (Phi) is 2.08. The number of anilines is 1. The molecule has 4 atom stereocenters. The molecule has 0 N–H and O–H groups in total. The first-order valence-corrected chi connectivity index (χ1v) is 7.25. The number of hydrogen-bond donors (Lipinski definition) is 0. The minimum absolute atomic E-state index is 0.0238. The van der Waals surface area contributed by atoms with Gasteiger partial charge >= 0.3 is 0 Å². The Morgan fingerprint density at radius 3 is 2.63 bits per heavy atom. The van der Waals surface area contributed by atoms with Gasteiger partial charge in [-0.2, -0.15) is 0 Å². The van der Waals surface area contributed by atoms with Crippen molar-refractivity contribution < 1.29 is 4.74 Å². The third-order valence-electron chi connectivity index (χ3n) is 5.50. The number of benzene rings is 1. The summed E-state index contributed by atoms with van der Waals surface area (Å²) in [4.78, 5) is 2.48. The van der Waals surface area contributed by atoms with E-state index < -0.39 is 0 Å². The Hall–Kier alpha value is -1.28. The zero-order valence-corrected chi connectivity index (χ0v) is 11.9. The number of nitrogens with zero attached hydrogens (tertiary/aromatic N) is 1. The largest absolute Gasteiger partial charge is 0.368 e. The van der Waals surface area contributed by atoms with Gasteiger partial charge in [-0.15, -0.1) is 0 Å². The van der Waals surface area contributed by atoms with Gasteiger partial charge in [-0.1, -0.05) is 36.8 Å². The van der Waals surface area contributed by atoms with Crippen molar-refractivity contribution in [3.05, 3.63) is 42.0 Å². The fourth-order valence-corrected chi connectivity index (χ4v) is 4.12. The van der Waals surface area contributed by atoms with Crippen molar-refractivity contribution in [2.75, 3.05) is 18.0 Å². The lowest BCUT2D eigenvalue weighted by Gasteiger charge is -2.28. The van der Waals surface area contributed by atoms with Gasteiger partial charge in [0.2, 0.25) is 0 Å². The van der Waals surface area contributed by atoms with Crippen LogP contribution in [-0.4, -0.2) is 24.3 Å². The van der Waals surface area contributed by atoms with Gasteiger partial charge in [0, 0.05) is 18.2 Å². The van der Waals surface area contributed by atoms with Crippen LogP contribution in [-0.2, 0) is 4.74 Å². The van der Waals surface area contributed by atoms with Crippen LogP contribution >= 0.6 is 0 Å². The van der Waals surface area contributed by atoms with E-state index in [2.05, 4.69) is 62.1 Å². The fourth-order valence-electron chi connectivity index (χ4n) is 4.12. The summed E-state index contributed by atoms with van der Waals surface area (Å²) in [6, 6.07) is 8.85.